The molecule has 2 aromatic heterocycles. The Morgan fingerprint density at radius 3 is 2.81 bits per heavy atom. The molecule has 4 rings (SSSR count). The second-order valence-corrected chi connectivity index (χ2v) is 8.61. The number of fused-ring (bicyclic) bond motifs is 3. The van der Waals surface area contributed by atoms with E-state index < -0.39 is 0 Å². The molecule has 0 saturated carbocycles. The highest BCUT2D eigenvalue weighted by Crippen LogP contribution is 2.35. The summed E-state index contributed by atoms with van der Waals surface area (Å²) in [5.41, 5.74) is 3.86. The normalized spacial score (nSPS) is 16.3. The fourth-order valence-corrected chi connectivity index (χ4v) is 5.16. The molecule has 6 heteroatoms. The van der Waals surface area contributed by atoms with Crippen molar-refractivity contribution in [3.05, 3.63) is 56.4 Å². The molecule has 1 aliphatic rings. The van der Waals surface area contributed by atoms with Gasteiger partial charge >= 0.3 is 0 Å². The van der Waals surface area contributed by atoms with Crippen LogP contribution in [0.4, 0.5) is 5.69 Å². The number of benzene rings is 1. The molecule has 1 aromatic carbocycles. The fourth-order valence-electron chi connectivity index (χ4n) is 3.82. The summed E-state index contributed by atoms with van der Waals surface area (Å²) in [6.45, 7) is 6.13. The highest BCUT2D eigenvalue weighted by molar-refractivity contribution is 7.18. The number of hydrogen-bond donors (Lipinski definition) is 1. The Bertz CT molecular complexity index is 1080. The minimum Gasteiger partial charge on any atom is -0.324 e. The van der Waals surface area contributed by atoms with Crippen molar-refractivity contribution in [3.63, 3.8) is 0 Å². The molecule has 0 aliphatic heterocycles. The molecule has 1 amide bonds. The van der Waals surface area contributed by atoms with E-state index in [0.29, 0.717) is 11.3 Å². The van der Waals surface area contributed by atoms with E-state index in [1.807, 2.05) is 32.0 Å². The van der Waals surface area contributed by atoms with Crippen molar-refractivity contribution in [2.75, 3.05) is 5.32 Å². The summed E-state index contributed by atoms with van der Waals surface area (Å²) in [5.74, 6) is 0.435. The summed E-state index contributed by atoms with van der Waals surface area (Å²) in [6.07, 6.45) is 4.54. The van der Waals surface area contributed by atoms with Crippen LogP contribution in [0.15, 0.2) is 29.3 Å². The topological polar surface area (TPSA) is 64.0 Å². The Labute approximate surface area is 162 Å². The molecule has 1 N–H and O–H groups in total. The number of thiophene rings is 1. The zero-order valence-corrected chi connectivity index (χ0v) is 16.7. The summed E-state index contributed by atoms with van der Waals surface area (Å²) < 4.78 is 1.43. The van der Waals surface area contributed by atoms with Gasteiger partial charge in [0.15, 0.2) is 0 Å². The number of anilines is 1. The van der Waals surface area contributed by atoms with Gasteiger partial charge in [0.1, 0.15) is 11.4 Å². The Morgan fingerprint density at radius 2 is 2.07 bits per heavy atom. The van der Waals surface area contributed by atoms with Crippen LogP contribution in [0, 0.1) is 19.8 Å². The Morgan fingerprint density at radius 1 is 1.33 bits per heavy atom. The number of carbonyl (C=O) groups excluding carboxylic acids is 1. The lowest BCUT2D eigenvalue weighted by Gasteiger charge is -2.17. The van der Waals surface area contributed by atoms with Gasteiger partial charge in [-0.25, -0.2) is 4.98 Å². The van der Waals surface area contributed by atoms with Crippen LogP contribution < -0.4 is 10.9 Å². The SMILES string of the molecule is Cc1cccc(C)c1NC(=O)Cn1cnc2sc3c(c2c1=O)CCC(C)C3. The quantitative estimate of drug-likeness (QED) is 0.750. The first-order chi connectivity index (χ1) is 12.9. The highest BCUT2D eigenvalue weighted by atomic mass is 32.1. The second kappa shape index (κ2) is 6.93. The first-order valence-corrected chi connectivity index (χ1v) is 10.1. The third kappa shape index (κ3) is 3.30. The Hall–Kier alpha value is -2.47. The van der Waals surface area contributed by atoms with Gasteiger partial charge in [-0.3, -0.25) is 14.2 Å². The van der Waals surface area contributed by atoms with Crippen LogP contribution in [0.1, 0.15) is 34.9 Å². The lowest BCUT2D eigenvalue weighted by atomic mass is 9.89. The third-order valence-electron chi connectivity index (χ3n) is 5.34. The number of nitrogens with one attached hydrogen (secondary N) is 1. The van der Waals surface area contributed by atoms with Crippen molar-refractivity contribution in [3.8, 4) is 0 Å². The van der Waals surface area contributed by atoms with Crippen LogP contribution in [0.2, 0.25) is 0 Å². The maximum atomic E-state index is 13.0. The number of amides is 1. The van der Waals surface area contributed by atoms with Gasteiger partial charge in [-0.05, 0) is 55.7 Å². The molecule has 1 unspecified atom stereocenters. The smallest absolute Gasteiger partial charge is 0.262 e. The van der Waals surface area contributed by atoms with Crippen LogP contribution in [0.5, 0.6) is 0 Å². The van der Waals surface area contributed by atoms with Gasteiger partial charge in [0, 0.05) is 10.6 Å². The van der Waals surface area contributed by atoms with Gasteiger partial charge in [-0.2, -0.15) is 0 Å². The lowest BCUT2D eigenvalue weighted by Crippen LogP contribution is -2.28. The molecule has 2 heterocycles. The molecule has 0 bridgehead atoms. The van der Waals surface area contributed by atoms with Crippen molar-refractivity contribution in [1.82, 2.24) is 9.55 Å². The molecule has 5 nitrogen and oxygen atoms in total. The number of aromatic nitrogens is 2. The summed E-state index contributed by atoms with van der Waals surface area (Å²) in [5, 5.41) is 3.65. The van der Waals surface area contributed by atoms with E-state index in [9.17, 15) is 9.59 Å². The van der Waals surface area contributed by atoms with Crippen LogP contribution in [0.25, 0.3) is 10.2 Å². The number of para-hydroxylation sites is 1. The van der Waals surface area contributed by atoms with Crippen molar-refractivity contribution >= 4 is 33.1 Å². The maximum Gasteiger partial charge on any atom is 0.262 e. The number of aryl methyl sites for hydroxylation is 3. The van der Waals surface area contributed by atoms with Gasteiger partial charge < -0.3 is 5.32 Å². The van der Waals surface area contributed by atoms with Crippen LogP contribution in [-0.2, 0) is 24.2 Å². The molecule has 140 valence electrons. The van der Waals surface area contributed by atoms with Gasteiger partial charge in [0.2, 0.25) is 5.91 Å². The maximum absolute atomic E-state index is 13.0. The van der Waals surface area contributed by atoms with Crippen molar-refractivity contribution in [2.24, 2.45) is 5.92 Å². The zero-order chi connectivity index (χ0) is 19.1. The van der Waals surface area contributed by atoms with Crippen LogP contribution >= 0.6 is 11.3 Å². The van der Waals surface area contributed by atoms with E-state index in [1.165, 1.54) is 15.8 Å². The summed E-state index contributed by atoms with van der Waals surface area (Å²) in [7, 11) is 0. The standard InChI is InChI=1S/C21H23N3O2S/c1-12-7-8-15-16(9-12)27-20-18(15)21(26)24(11-22-20)10-17(25)23-19-13(2)5-4-6-14(19)3/h4-6,11-12H,7-10H2,1-3H3,(H,23,25). The van der Waals surface area contributed by atoms with E-state index in [-0.39, 0.29) is 18.0 Å². The molecular weight excluding hydrogens is 358 g/mol. The average molecular weight is 382 g/mol. The van der Waals surface area contributed by atoms with E-state index in [1.54, 1.807) is 11.3 Å². The lowest BCUT2D eigenvalue weighted by molar-refractivity contribution is -0.116. The minimum absolute atomic E-state index is 0.0312. The number of nitrogens with zero attached hydrogens (tertiary/aromatic N) is 2. The van der Waals surface area contributed by atoms with Crippen molar-refractivity contribution in [1.29, 1.82) is 0 Å². The predicted octanol–water partition coefficient (Wildman–Crippen LogP) is 3.84. The molecule has 0 spiro atoms. The van der Waals surface area contributed by atoms with Crippen molar-refractivity contribution in [2.45, 2.75) is 46.6 Å². The van der Waals surface area contributed by atoms with Gasteiger partial charge in [-0.1, -0.05) is 25.1 Å². The van der Waals surface area contributed by atoms with Crippen LogP contribution in [-0.4, -0.2) is 15.5 Å². The summed E-state index contributed by atoms with van der Waals surface area (Å²) in [4.78, 5) is 32.1. The molecule has 0 saturated heterocycles. The number of carbonyl (C=O) groups is 1. The van der Waals surface area contributed by atoms with Gasteiger partial charge in [0.05, 0.1) is 11.7 Å². The third-order valence-corrected chi connectivity index (χ3v) is 6.50. The number of rotatable bonds is 3. The van der Waals surface area contributed by atoms with Gasteiger partial charge in [-0.15, -0.1) is 11.3 Å². The predicted molar refractivity (Wildman–Crippen MR) is 110 cm³/mol. The molecule has 1 aliphatic carbocycles. The summed E-state index contributed by atoms with van der Waals surface area (Å²) in [6, 6.07) is 5.88. The monoisotopic (exact) mass is 381 g/mol. The Balaban J connectivity index is 1.64. The molecule has 0 radical (unpaired) electrons. The first-order valence-electron chi connectivity index (χ1n) is 9.29. The van der Waals surface area contributed by atoms with E-state index in [2.05, 4.69) is 17.2 Å². The molecule has 1 atom stereocenters. The average Bonchev–Trinajstić information content (AvgIpc) is 2.99. The van der Waals surface area contributed by atoms with E-state index in [4.69, 9.17) is 0 Å². The molecular formula is C21H23N3O2S. The van der Waals surface area contributed by atoms with Crippen LogP contribution in [0.3, 0.4) is 0 Å². The van der Waals surface area contributed by atoms with Gasteiger partial charge in [0.25, 0.3) is 5.56 Å². The molecule has 27 heavy (non-hydrogen) atoms. The zero-order valence-electron chi connectivity index (χ0n) is 15.8. The minimum atomic E-state index is -0.214. The highest BCUT2D eigenvalue weighted by Gasteiger charge is 2.23. The molecule has 3 aromatic rings. The largest absolute Gasteiger partial charge is 0.324 e. The number of hydrogen-bond acceptors (Lipinski definition) is 4. The fraction of sp³-hybridized carbons (Fsp3) is 0.381. The van der Waals surface area contributed by atoms with E-state index in [0.717, 1.165) is 46.5 Å². The first kappa shape index (κ1) is 17.9. The molecule has 0 fully saturated rings. The Kier molecular flexibility index (Phi) is 4.60. The summed E-state index contributed by atoms with van der Waals surface area (Å²) >= 11 is 1.63. The van der Waals surface area contributed by atoms with E-state index >= 15 is 0 Å². The van der Waals surface area contributed by atoms with Crippen molar-refractivity contribution < 1.29 is 4.79 Å². The second-order valence-electron chi connectivity index (χ2n) is 7.52.